The predicted molar refractivity (Wildman–Crippen MR) is 66.0 cm³/mol. The summed E-state index contributed by atoms with van der Waals surface area (Å²) in [6, 6.07) is 0. The van der Waals surface area contributed by atoms with Gasteiger partial charge in [-0.1, -0.05) is 20.3 Å². The van der Waals surface area contributed by atoms with E-state index in [1.807, 2.05) is 0 Å². The normalized spacial score (nSPS) is 56.8. The number of rotatable bonds is 1. The molecule has 92 valence electrons. The second-order valence-electron chi connectivity index (χ2n) is 7.05. The van der Waals surface area contributed by atoms with E-state index in [-0.39, 0.29) is 6.10 Å². The highest BCUT2D eigenvalue weighted by atomic mass is 16.3. The van der Waals surface area contributed by atoms with Crippen molar-refractivity contribution in [1.82, 2.24) is 0 Å². The van der Waals surface area contributed by atoms with Crippen molar-refractivity contribution in [3.05, 3.63) is 0 Å². The number of hydrogen-bond acceptors (Lipinski definition) is 1. The highest BCUT2D eigenvalue weighted by Crippen LogP contribution is 2.54. The first-order valence-electron chi connectivity index (χ1n) is 7.33. The summed E-state index contributed by atoms with van der Waals surface area (Å²) in [7, 11) is 0. The van der Waals surface area contributed by atoms with Crippen molar-refractivity contribution >= 4 is 0 Å². The van der Waals surface area contributed by atoms with Gasteiger partial charge in [-0.15, -0.1) is 0 Å². The second kappa shape index (κ2) is 4.01. The molecule has 0 amide bonds. The summed E-state index contributed by atoms with van der Waals surface area (Å²) in [5.74, 6) is 4.88. The molecule has 3 rings (SSSR count). The first-order chi connectivity index (χ1) is 7.65. The molecular weight excluding hydrogens is 196 g/mol. The topological polar surface area (TPSA) is 20.2 Å². The Morgan fingerprint density at radius 1 is 0.875 bits per heavy atom. The van der Waals surface area contributed by atoms with Crippen molar-refractivity contribution in [2.24, 2.45) is 35.5 Å². The van der Waals surface area contributed by atoms with Gasteiger partial charge in [-0.3, -0.25) is 0 Å². The summed E-state index contributed by atoms with van der Waals surface area (Å²) in [5.41, 5.74) is 0. The lowest BCUT2D eigenvalue weighted by Gasteiger charge is -2.42. The standard InChI is InChI=1S/C15H26O/c1-9-5-10(2)15(16)14(6-9)13-8-11-3-4-12(13)7-11/h9-16H,3-8H2,1-2H3/t9-,10+,11-,12-,13-,14+,15+/m1/s1. The van der Waals surface area contributed by atoms with Gasteiger partial charge in [-0.2, -0.15) is 0 Å². The van der Waals surface area contributed by atoms with Crippen LogP contribution in [0.2, 0.25) is 0 Å². The molecule has 0 aromatic carbocycles. The highest BCUT2D eigenvalue weighted by molar-refractivity contribution is 4.97. The van der Waals surface area contributed by atoms with Gasteiger partial charge in [0.2, 0.25) is 0 Å². The van der Waals surface area contributed by atoms with E-state index >= 15 is 0 Å². The van der Waals surface area contributed by atoms with Crippen LogP contribution in [-0.4, -0.2) is 11.2 Å². The molecule has 16 heavy (non-hydrogen) atoms. The van der Waals surface area contributed by atoms with Crippen LogP contribution in [0.4, 0.5) is 0 Å². The average Bonchev–Trinajstić information content (AvgIpc) is 2.84. The number of hydrogen-bond donors (Lipinski definition) is 1. The van der Waals surface area contributed by atoms with Crippen LogP contribution < -0.4 is 0 Å². The van der Waals surface area contributed by atoms with Crippen LogP contribution >= 0.6 is 0 Å². The van der Waals surface area contributed by atoms with E-state index < -0.39 is 0 Å². The maximum Gasteiger partial charge on any atom is 0.0596 e. The van der Waals surface area contributed by atoms with E-state index in [1.54, 1.807) is 0 Å². The maximum atomic E-state index is 10.4. The average molecular weight is 222 g/mol. The Balaban J connectivity index is 1.73. The molecule has 0 aromatic rings. The SMILES string of the molecule is C[C@H]1C[C@@H]([C@@H]2C[C@@H]3CC[C@@H]2C3)[C@@H](O)[C@@H](C)C1. The lowest BCUT2D eigenvalue weighted by Crippen LogP contribution is -2.40. The molecule has 3 aliphatic rings. The molecule has 3 fully saturated rings. The Morgan fingerprint density at radius 2 is 1.69 bits per heavy atom. The molecular formula is C15H26O. The third-order valence-corrected chi connectivity index (χ3v) is 5.81. The van der Waals surface area contributed by atoms with Crippen LogP contribution in [0.5, 0.6) is 0 Å². The molecule has 0 heterocycles. The second-order valence-corrected chi connectivity index (χ2v) is 7.05. The Labute approximate surface area is 99.6 Å². The van der Waals surface area contributed by atoms with E-state index in [0.717, 1.165) is 23.7 Å². The van der Waals surface area contributed by atoms with Gasteiger partial charge in [-0.05, 0) is 67.6 Å². The number of aliphatic hydroxyl groups excluding tert-OH is 1. The zero-order valence-corrected chi connectivity index (χ0v) is 10.7. The molecule has 7 atom stereocenters. The van der Waals surface area contributed by atoms with Gasteiger partial charge in [0.05, 0.1) is 6.10 Å². The molecule has 1 heteroatoms. The first-order valence-corrected chi connectivity index (χ1v) is 7.33. The minimum atomic E-state index is 0.000509. The van der Waals surface area contributed by atoms with Crippen molar-refractivity contribution in [2.45, 2.75) is 58.5 Å². The predicted octanol–water partition coefficient (Wildman–Crippen LogP) is 3.47. The molecule has 3 aliphatic carbocycles. The minimum absolute atomic E-state index is 0.000509. The molecule has 0 aromatic heterocycles. The lowest BCUT2D eigenvalue weighted by molar-refractivity contribution is -0.0312. The Morgan fingerprint density at radius 3 is 2.31 bits per heavy atom. The van der Waals surface area contributed by atoms with E-state index in [1.165, 1.54) is 38.5 Å². The number of aliphatic hydroxyl groups is 1. The van der Waals surface area contributed by atoms with Gasteiger partial charge < -0.3 is 5.11 Å². The molecule has 0 aliphatic heterocycles. The van der Waals surface area contributed by atoms with Crippen LogP contribution in [0, 0.1) is 35.5 Å². The lowest BCUT2D eigenvalue weighted by atomic mass is 9.66. The van der Waals surface area contributed by atoms with Crippen molar-refractivity contribution in [2.75, 3.05) is 0 Å². The summed E-state index contributed by atoms with van der Waals surface area (Å²) in [5, 5.41) is 10.4. The Bertz CT molecular complexity index is 262. The Kier molecular flexibility index (Phi) is 2.78. The Hall–Kier alpha value is -0.0400. The molecule has 1 nitrogen and oxygen atoms in total. The molecule has 0 unspecified atom stereocenters. The molecule has 2 bridgehead atoms. The van der Waals surface area contributed by atoms with E-state index in [0.29, 0.717) is 11.8 Å². The van der Waals surface area contributed by atoms with Gasteiger partial charge in [0, 0.05) is 0 Å². The van der Waals surface area contributed by atoms with E-state index in [9.17, 15) is 5.11 Å². The van der Waals surface area contributed by atoms with Crippen molar-refractivity contribution < 1.29 is 5.11 Å². The molecule has 0 spiro atoms. The van der Waals surface area contributed by atoms with Crippen LogP contribution in [-0.2, 0) is 0 Å². The van der Waals surface area contributed by atoms with Crippen LogP contribution in [0.1, 0.15) is 52.4 Å². The van der Waals surface area contributed by atoms with Crippen molar-refractivity contribution in [3.8, 4) is 0 Å². The maximum absolute atomic E-state index is 10.4. The first kappa shape index (κ1) is 11.1. The minimum Gasteiger partial charge on any atom is -0.393 e. The summed E-state index contributed by atoms with van der Waals surface area (Å²) in [6.07, 6.45) is 8.39. The summed E-state index contributed by atoms with van der Waals surface area (Å²) in [6.45, 7) is 4.63. The fourth-order valence-corrected chi connectivity index (χ4v) is 5.14. The zero-order chi connectivity index (χ0) is 11.3. The summed E-state index contributed by atoms with van der Waals surface area (Å²) >= 11 is 0. The molecule has 0 saturated heterocycles. The van der Waals surface area contributed by atoms with Gasteiger partial charge >= 0.3 is 0 Å². The largest absolute Gasteiger partial charge is 0.393 e. The third kappa shape index (κ3) is 1.72. The molecule has 1 N–H and O–H groups in total. The van der Waals surface area contributed by atoms with Crippen molar-refractivity contribution in [3.63, 3.8) is 0 Å². The van der Waals surface area contributed by atoms with Gasteiger partial charge in [0.25, 0.3) is 0 Å². The quantitative estimate of drug-likeness (QED) is 0.720. The van der Waals surface area contributed by atoms with E-state index in [4.69, 9.17) is 0 Å². The number of fused-ring (bicyclic) bond motifs is 2. The summed E-state index contributed by atoms with van der Waals surface area (Å²) in [4.78, 5) is 0. The van der Waals surface area contributed by atoms with Crippen LogP contribution in [0.3, 0.4) is 0 Å². The molecule has 0 radical (unpaired) electrons. The third-order valence-electron chi connectivity index (χ3n) is 5.81. The van der Waals surface area contributed by atoms with Crippen LogP contribution in [0.15, 0.2) is 0 Å². The van der Waals surface area contributed by atoms with Gasteiger partial charge in [-0.25, -0.2) is 0 Å². The van der Waals surface area contributed by atoms with Gasteiger partial charge in [0.1, 0.15) is 0 Å². The smallest absolute Gasteiger partial charge is 0.0596 e. The fraction of sp³-hybridized carbons (Fsp3) is 1.00. The van der Waals surface area contributed by atoms with Crippen LogP contribution in [0.25, 0.3) is 0 Å². The fourth-order valence-electron chi connectivity index (χ4n) is 5.14. The molecule has 3 saturated carbocycles. The van der Waals surface area contributed by atoms with E-state index in [2.05, 4.69) is 13.8 Å². The van der Waals surface area contributed by atoms with Gasteiger partial charge in [0.15, 0.2) is 0 Å². The summed E-state index contributed by atoms with van der Waals surface area (Å²) < 4.78 is 0. The van der Waals surface area contributed by atoms with Crippen molar-refractivity contribution in [1.29, 1.82) is 0 Å². The highest BCUT2D eigenvalue weighted by Gasteiger charge is 2.47. The monoisotopic (exact) mass is 222 g/mol. The zero-order valence-electron chi connectivity index (χ0n) is 10.7.